The van der Waals surface area contributed by atoms with Gasteiger partial charge in [0.05, 0.1) is 24.2 Å². The van der Waals surface area contributed by atoms with Crippen molar-refractivity contribution in [2.75, 3.05) is 37.8 Å². The number of nitrogen functional groups attached to an aromatic ring is 1. The van der Waals surface area contributed by atoms with Crippen molar-refractivity contribution in [3.63, 3.8) is 0 Å². The summed E-state index contributed by atoms with van der Waals surface area (Å²) in [4.78, 5) is 69.8. The average Bonchev–Trinajstić information content (AvgIpc) is 3.57. The molecule has 1 fully saturated rings. The van der Waals surface area contributed by atoms with E-state index in [-0.39, 0.29) is 35.9 Å². The second-order valence-corrected chi connectivity index (χ2v) is 14.7. The maximum Gasteiger partial charge on any atom is 0.725 e. The van der Waals surface area contributed by atoms with Crippen LogP contribution in [-0.4, -0.2) is 113 Å². The van der Waals surface area contributed by atoms with E-state index in [4.69, 9.17) is 29.3 Å². The fraction of sp³-hybridized carbons (Fsp3) is 0.667. The van der Waals surface area contributed by atoms with Crippen LogP contribution in [0.3, 0.4) is 0 Å². The van der Waals surface area contributed by atoms with Gasteiger partial charge in [-0.25, -0.2) is 24.1 Å². The summed E-state index contributed by atoms with van der Waals surface area (Å²) in [7, 11) is -14.2. The summed E-state index contributed by atoms with van der Waals surface area (Å²) in [5.74, 6) is -0.883. The van der Waals surface area contributed by atoms with Crippen LogP contribution < -0.4 is 16.4 Å². The molecule has 27 heteroatoms. The Bertz CT molecular complexity index is 1550. The van der Waals surface area contributed by atoms with Gasteiger partial charge in [-0.3, -0.25) is 23.2 Å². The quantitative estimate of drug-likeness (QED) is 0.0352. The largest absolute Gasteiger partial charge is 0.725 e. The third kappa shape index (κ3) is 11.1. The summed E-state index contributed by atoms with van der Waals surface area (Å²) in [6.45, 7) is 0.895. The van der Waals surface area contributed by atoms with E-state index in [9.17, 15) is 43.3 Å². The van der Waals surface area contributed by atoms with Gasteiger partial charge in [-0.05, 0) is 0 Å². The van der Waals surface area contributed by atoms with Crippen molar-refractivity contribution in [1.82, 2.24) is 30.2 Å². The second kappa shape index (κ2) is 17.1. The minimum absolute atomic E-state index is 0.00349. The SMILES string of the molecule is CC(C)(COP(=O)(O)OP(=O)(O)OCC1OC(n2cnc3c(N)ncnc32)C(O)C1OO[P+](=O)O)C(O)C(=O)NCCC(=O)NCCS. The molecule has 48 heavy (non-hydrogen) atoms. The molecule has 2 aromatic heterocycles. The van der Waals surface area contributed by atoms with Crippen LogP contribution in [0.5, 0.6) is 0 Å². The van der Waals surface area contributed by atoms with E-state index in [1.54, 1.807) is 0 Å². The monoisotopic (exact) mass is 766 g/mol. The highest BCUT2D eigenvalue weighted by atomic mass is 32.1. The zero-order valence-corrected chi connectivity index (χ0v) is 28.7. The van der Waals surface area contributed by atoms with Gasteiger partial charge < -0.3 is 41.1 Å². The smallest absolute Gasteiger partial charge is 0.385 e. The Hall–Kier alpha value is -2.24. The normalized spacial score (nSPS) is 23.3. The number of nitrogens with zero attached hydrogens (tertiary/aromatic N) is 4. The molecule has 3 rings (SSSR count). The Morgan fingerprint density at radius 1 is 1.19 bits per heavy atom. The predicted octanol–water partition coefficient (Wildman–Crippen LogP) is -1.18. The Morgan fingerprint density at radius 3 is 2.54 bits per heavy atom. The Balaban J connectivity index is 1.59. The number of amides is 2. The number of rotatable bonds is 19. The van der Waals surface area contributed by atoms with Crippen molar-refractivity contribution in [2.45, 2.75) is 50.9 Å². The van der Waals surface area contributed by atoms with E-state index in [1.165, 1.54) is 24.7 Å². The summed E-state index contributed by atoms with van der Waals surface area (Å²) in [6.07, 6.45) is -5.98. The lowest BCUT2D eigenvalue weighted by atomic mass is 9.87. The minimum atomic E-state index is -5.48. The van der Waals surface area contributed by atoms with E-state index in [2.05, 4.69) is 47.2 Å². The van der Waals surface area contributed by atoms with Crippen LogP contribution in [0.1, 0.15) is 26.5 Å². The molecule has 0 aliphatic carbocycles. The zero-order valence-electron chi connectivity index (χ0n) is 25.2. The molecule has 270 valence electrons. The van der Waals surface area contributed by atoms with Gasteiger partial charge in [0.15, 0.2) is 23.8 Å². The number of aliphatic hydroxyl groups excluding tert-OH is 2. The molecular formula is C21H35N7O16P3S+. The summed E-state index contributed by atoms with van der Waals surface area (Å²) in [5, 5.41) is 26.2. The van der Waals surface area contributed by atoms with Crippen LogP contribution in [0.2, 0.25) is 0 Å². The standard InChI is InChI=1S/C21H34N7O16P3S/c1-21(2,16(31)19(32)24-4-3-12(29)23-5-6-48)8-40-47(37,38)44-46(35,36)39-7-11-15(42-43-45(33)34)14(30)20(41-11)28-10-27-13-17(22)25-9-26-18(13)28/h9-11,14-16,20,30-31H,3-8H2,1-2H3,(H7-,22,23,24,25,26,29,32,33,34,35,36,37,38,48)/p+1. The average molecular weight is 767 g/mol. The van der Waals surface area contributed by atoms with Gasteiger partial charge >= 0.3 is 23.9 Å². The number of thiol groups is 1. The highest BCUT2D eigenvalue weighted by molar-refractivity contribution is 7.80. The Labute approximate surface area is 278 Å². The van der Waals surface area contributed by atoms with E-state index in [0.29, 0.717) is 12.3 Å². The molecule has 0 bridgehead atoms. The maximum absolute atomic E-state index is 12.6. The Kier molecular flexibility index (Phi) is 14.3. The van der Waals surface area contributed by atoms with Crippen molar-refractivity contribution in [3.8, 4) is 0 Å². The molecule has 1 saturated heterocycles. The minimum Gasteiger partial charge on any atom is -0.385 e. The number of imidazole rings is 1. The highest BCUT2D eigenvalue weighted by Gasteiger charge is 2.50. The molecule has 0 aromatic carbocycles. The summed E-state index contributed by atoms with van der Waals surface area (Å²) in [5.41, 5.74) is 4.43. The molecule has 23 nitrogen and oxygen atoms in total. The van der Waals surface area contributed by atoms with Crippen molar-refractivity contribution in [2.24, 2.45) is 5.41 Å². The third-order valence-electron chi connectivity index (χ3n) is 6.47. The van der Waals surface area contributed by atoms with Gasteiger partial charge in [-0.2, -0.15) is 21.8 Å². The number of anilines is 1. The van der Waals surface area contributed by atoms with Gasteiger partial charge in [0.2, 0.25) is 11.8 Å². The molecule has 3 heterocycles. The third-order valence-corrected chi connectivity index (χ3v) is 9.49. The molecule has 2 amide bonds. The van der Waals surface area contributed by atoms with Gasteiger partial charge in [-0.1, -0.05) is 13.8 Å². The zero-order chi connectivity index (χ0) is 35.9. The van der Waals surface area contributed by atoms with Crippen LogP contribution in [0.15, 0.2) is 12.7 Å². The van der Waals surface area contributed by atoms with E-state index in [1.807, 2.05) is 0 Å². The molecule has 9 N–H and O–H groups in total. The number of fused-ring (bicyclic) bond motifs is 1. The summed E-state index contributed by atoms with van der Waals surface area (Å²) in [6, 6.07) is 0. The number of phosphoric ester groups is 2. The molecule has 8 atom stereocenters. The topological polar surface area (TPSA) is 336 Å². The van der Waals surface area contributed by atoms with E-state index >= 15 is 0 Å². The number of nitrogens with one attached hydrogen (secondary N) is 2. The van der Waals surface area contributed by atoms with Crippen LogP contribution in [-0.2, 0) is 50.9 Å². The predicted molar refractivity (Wildman–Crippen MR) is 162 cm³/mol. The molecule has 0 radical (unpaired) electrons. The van der Waals surface area contributed by atoms with Crippen molar-refractivity contribution >= 4 is 65.3 Å². The number of carbonyl (C=O) groups is 2. The maximum atomic E-state index is 12.6. The fourth-order valence-corrected chi connectivity index (χ4v) is 6.59. The van der Waals surface area contributed by atoms with E-state index in [0.717, 1.165) is 6.33 Å². The first kappa shape index (κ1) is 40.2. The van der Waals surface area contributed by atoms with Gasteiger partial charge in [-0.15, -0.1) is 4.89 Å². The molecule has 2 aromatic rings. The Morgan fingerprint density at radius 2 is 1.88 bits per heavy atom. The first-order chi connectivity index (χ1) is 22.4. The summed E-state index contributed by atoms with van der Waals surface area (Å²) < 4.78 is 61.0. The first-order valence-corrected chi connectivity index (χ1v) is 18.4. The lowest BCUT2D eigenvalue weighted by molar-refractivity contribution is -0.270. The molecule has 0 spiro atoms. The van der Waals surface area contributed by atoms with Crippen LogP contribution in [0.25, 0.3) is 11.2 Å². The van der Waals surface area contributed by atoms with Crippen LogP contribution in [0.4, 0.5) is 5.82 Å². The van der Waals surface area contributed by atoms with Crippen molar-refractivity contribution < 1.29 is 75.8 Å². The number of hydrogen-bond acceptors (Lipinski definition) is 18. The lowest BCUT2D eigenvalue weighted by Crippen LogP contribution is -2.46. The first-order valence-electron chi connectivity index (χ1n) is 13.6. The second-order valence-electron chi connectivity index (χ2n) is 10.6. The molecular weight excluding hydrogens is 731 g/mol. The molecule has 1 aliphatic rings. The molecule has 1 aliphatic heterocycles. The fourth-order valence-electron chi connectivity index (χ4n) is 4.05. The van der Waals surface area contributed by atoms with Crippen molar-refractivity contribution in [1.29, 1.82) is 0 Å². The number of hydrogen-bond donors (Lipinski definition) is 9. The van der Waals surface area contributed by atoms with Gasteiger partial charge in [0.1, 0.15) is 30.2 Å². The number of phosphoric acid groups is 2. The highest BCUT2D eigenvalue weighted by Crippen LogP contribution is 2.61. The van der Waals surface area contributed by atoms with Crippen LogP contribution in [0, 0.1) is 5.41 Å². The number of carbonyl (C=O) groups excluding carboxylic acids is 2. The number of nitrogens with two attached hydrogens (primary N) is 1. The summed E-state index contributed by atoms with van der Waals surface area (Å²) >= 11 is 3.95. The number of ether oxygens (including phenoxy) is 1. The number of aliphatic hydroxyl groups is 2. The molecule has 0 saturated carbocycles. The van der Waals surface area contributed by atoms with Gasteiger partial charge in [0.25, 0.3) is 0 Å². The molecule has 8 unspecified atom stereocenters. The van der Waals surface area contributed by atoms with Gasteiger partial charge in [0, 0.05) is 35.2 Å². The lowest BCUT2D eigenvalue weighted by Gasteiger charge is -2.30. The van der Waals surface area contributed by atoms with Crippen molar-refractivity contribution in [3.05, 3.63) is 12.7 Å². The number of aromatic nitrogens is 4. The van der Waals surface area contributed by atoms with E-state index < -0.39 is 79.1 Å². The van der Waals surface area contributed by atoms with Crippen LogP contribution >= 0.6 is 36.5 Å².